The van der Waals surface area contributed by atoms with Crippen molar-refractivity contribution >= 4 is 26.7 Å². The summed E-state index contributed by atoms with van der Waals surface area (Å²) in [4.78, 5) is 9.04. The number of methoxy groups -OCH3 is 1. The number of benzene rings is 2. The minimum atomic E-state index is 0.262. The van der Waals surface area contributed by atoms with Gasteiger partial charge in [0.25, 0.3) is 0 Å². The average molecular weight is 407 g/mol. The summed E-state index contributed by atoms with van der Waals surface area (Å²) < 4.78 is 14.7. The number of aromatic nitrogens is 3. The summed E-state index contributed by atoms with van der Waals surface area (Å²) in [6, 6.07) is 12.4. The van der Waals surface area contributed by atoms with Gasteiger partial charge >= 0.3 is 0 Å². The molecule has 6 nitrogen and oxygen atoms in total. The highest BCUT2D eigenvalue weighted by atomic mass is 32.1. The third kappa shape index (κ3) is 3.47. The van der Waals surface area contributed by atoms with Gasteiger partial charge in [-0.2, -0.15) is 0 Å². The Bertz CT molecular complexity index is 1160. The predicted octanol–water partition coefficient (Wildman–Crippen LogP) is 4.60. The second-order valence-electron chi connectivity index (χ2n) is 7.19. The molecule has 1 fully saturated rings. The Morgan fingerprint density at radius 3 is 2.97 bits per heavy atom. The highest BCUT2D eigenvalue weighted by Crippen LogP contribution is 2.36. The van der Waals surface area contributed by atoms with Crippen molar-refractivity contribution in [3.8, 4) is 28.3 Å². The molecule has 2 aromatic heterocycles. The lowest BCUT2D eigenvalue weighted by Gasteiger charge is -2.15. The van der Waals surface area contributed by atoms with Crippen molar-refractivity contribution in [2.45, 2.75) is 25.5 Å². The van der Waals surface area contributed by atoms with Gasteiger partial charge in [-0.05, 0) is 48.7 Å². The smallest absolute Gasteiger partial charge is 0.181 e. The third-order valence-corrected chi connectivity index (χ3v) is 6.18. The zero-order valence-corrected chi connectivity index (χ0v) is 17.0. The molecule has 1 atom stereocenters. The first-order chi connectivity index (χ1) is 14.2. The molecule has 0 bridgehead atoms. The van der Waals surface area contributed by atoms with E-state index in [1.807, 2.05) is 18.5 Å². The summed E-state index contributed by atoms with van der Waals surface area (Å²) in [5.41, 5.74) is 9.86. The molecule has 1 saturated heterocycles. The summed E-state index contributed by atoms with van der Waals surface area (Å²) in [7, 11) is 1.69. The first-order valence-electron chi connectivity index (χ1n) is 9.69. The number of fused-ring (bicyclic) bond motifs is 1. The van der Waals surface area contributed by atoms with E-state index in [4.69, 9.17) is 15.2 Å². The fourth-order valence-electron chi connectivity index (χ4n) is 3.91. The van der Waals surface area contributed by atoms with Crippen LogP contribution in [0.5, 0.6) is 5.75 Å². The molecule has 7 heteroatoms. The summed E-state index contributed by atoms with van der Waals surface area (Å²) in [6.45, 7) is 1.67. The average Bonchev–Trinajstić information content (AvgIpc) is 3.48. The van der Waals surface area contributed by atoms with Crippen molar-refractivity contribution in [1.82, 2.24) is 14.5 Å². The molecule has 3 heterocycles. The van der Waals surface area contributed by atoms with Crippen LogP contribution in [0.15, 0.2) is 48.8 Å². The standard InChI is InChI=1S/C22H22N4O2S/c1-27-19-6-4-15(21-24-8-9-26(21)13-16-3-2-10-28-16)11-17(19)14-5-7-20-18(12-14)25-22(23)29-20/h4-9,11-12,16H,2-3,10,13H2,1H3,(H2,23,25). The van der Waals surface area contributed by atoms with Crippen LogP contribution >= 0.6 is 11.3 Å². The van der Waals surface area contributed by atoms with Crippen LogP contribution in [-0.2, 0) is 11.3 Å². The number of nitrogens with zero attached hydrogens (tertiary/aromatic N) is 3. The zero-order valence-electron chi connectivity index (χ0n) is 16.2. The molecule has 0 amide bonds. The van der Waals surface area contributed by atoms with Gasteiger partial charge in [-0.25, -0.2) is 9.97 Å². The number of hydrogen-bond donors (Lipinski definition) is 1. The van der Waals surface area contributed by atoms with Crippen LogP contribution in [0.2, 0.25) is 0 Å². The lowest BCUT2D eigenvalue weighted by atomic mass is 10.0. The van der Waals surface area contributed by atoms with E-state index in [2.05, 4.69) is 44.9 Å². The van der Waals surface area contributed by atoms with Gasteiger partial charge in [0.05, 0.1) is 30.0 Å². The van der Waals surface area contributed by atoms with Crippen LogP contribution in [-0.4, -0.2) is 34.4 Å². The van der Waals surface area contributed by atoms with Gasteiger partial charge in [0.2, 0.25) is 0 Å². The van der Waals surface area contributed by atoms with E-state index in [-0.39, 0.29) is 6.10 Å². The molecule has 1 aliphatic rings. The van der Waals surface area contributed by atoms with Crippen LogP contribution in [0.4, 0.5) is 5.13 Å². The Balaban J connectivity index is 1.55. The Kier molecular flexibility index (Phi) is 4.69. The maximum atomic E-state index is 5.87. The van der Waals surface area contributed by atoms with Gasteiger partial charge in [-0.1, -0.05) is 17.4 Å². The predicted molar refractivity (Wildman–Crippen MR) is 116 cm³/mol. The van der Waals surface area contributed by atoms with E-state index in [0.29, 0.717) is 5.13 Å². The fraction of sp³-hybridized carbons (Fsp3) is 0.273. The Labute approximate surface area is 172 Å². The van der Waals surface area contributed by atoms with Crippen molar-refractivity contribution in [2.24, 2.45) is 0 Å². The topological polar surface area (TPSA) is 75.2 Å². The zero-order chi connectivity index (χ0) is 19.8. The van der Waals surface area contributed by atoms with Gasteiger partial charge in [0.15, 0.2) is 5.13 Å². The number of nitrogen functional groups attached to an aromatic ring is 1. The number of thiazole rings is 1. The lowest BCUT2D eigenvalue weighted by Crippen LogP contribution is -2.15. The fourth-order valence-corrected chi connectivity index (χ4v) is 4.62. The first kappa shape index (κ1) is 18.1. The molecule has 0 spiro atoms. The van der Waals surface area contributed by atoms with Crippen LogP contribution in [0.1, 0.15) is 12.8 Å². The van der Waals surface area contributed by atoms with Crippen LogP contribution in [0.3, 0.4) is 0 Å². The first-order valence-corrected chi connectivity index (χ1v) is 10.5. The van der Waals surface area contributed by atoms with Crippen molar-refractivity contribution in [2.75, 3.05) is 19.5 Å². The van der Waals surface area contributed by atoms with Crippen LogP contribution < -0.4 is 10.5 Å². The Hall–Kier alpha value is -2.90. The molecule has 0 radical (unpaired) electrons. The van der Waals surface area contributed by atoms with E-state index in [1.54, 1.807) is 7.11 Å². The highest BCUT2D eigenvalue weighted by Gasteiger charge is 2.19. The molecular formula is C22H22N4O2S. The molecule has 5 rings (SSSR count). The van der Waals surface area contributed by atoms with E-state index in [0.717, 1.165) is 64.5 Å². The van der Waals surface area contributed by atoms with Gasteiger partial charge in [-0.3, -0.25) is 0 Å². The number of hydrogen-bond acceptors (Lipinski definition) is 6. The van der Waals surface area contributed by atoms with Gasteiger partial charge in [0.1, 0.15) is 11.6 Å². The SMILES string of the molecule is COc1ccc(-c2nccn2CC2CCCO2)cc1-c1ccc2sc(N)nc2c1. The second kappa shape index (κ2) is 7.50. The monoisotopic (exact) mass is 406 g/mol. The van der Waals surface area contributed by atoms with Crippen molar-refractivity contribution in [3.05, 3.63) is 48.8 Å². The number of anilines is 1. The number of ether oxygens (including phenoxy) is 2. The molecule has 4 aromatic rings. The summed E-state index contributed by atoms with van der Waals surface area (Å²) in [5, 5.41) is 0.578. The maximum absolute atomic E-state index is 5.87. The number of imidazole rings is 1. The van der Waals surface area contributed by atoms with E-state index in [9.17, 15) is 0 Å². The number of nitrogens with two attached hydrogens (primary N) is 1. The lowest BCUT2D eigenvalue weighted by molar-refractivity contribution is 0.0974. The minimum Gasteiger partial charge on any atom is -0.496 e. The van der Waals surface area contributed by atoms with Gasteiger partial charge < -0.3 is 19.8 Å². The highest BCUT2D eigenvalue weighted by molar-refractivity contribution is 7.22. The molecule has 1 unspecified atom stereocenters. The molecule has 0 aliphatic carbocycles. The number of rotatable bonds is 5. The molecule has 29 heavy (non-hydrogen) atoms. The molecule has 2 aromatic carbocycles. The van der Waals surface area contributed by atoms with Gasteiger partial charge in [0, 0.05) is 30.1 Å². The Morgan fingerprint density at radius 2 is 2.14 bits per heavy atom. The molecule has 1 aliphatic heterocycles. The van der Waals surface area contributed by atoms with E-state index < -0.39 is 0 Å². The third-order valence-electron chi connectivity index (χ3n) is 5.31. The van der Waals surface area contributed by atoms with Crippen molar-refractivity contribution in [3.63, 3.8) is 0 Å². The van der Waals surface area contributed by atoms with Crippen molar-refractivity contribution in [1.29, 1.82) is 0 Å². The summed E-state index contributed by atoms with van der Waals surface area (Å²) in [6.07, 6.45) is 6.36. The summed E-state index contributed by atoms with van der Waals surface area (Å²) >= 11 is 1.49. The minimum absolute atomic E-state index is 0.262. The maximum Gasteiger partial charge on any atom is 0.181 e. The van der Waals surface area contributed by atoms with Crippen LogP contribution in [0, 0.1) is 0 Å². The molecule has 2 N–H and O–H groups in total. The van der Waals surface area contributed by atoms with Gasteiger partial charge in [-0.15, -0.1) is 0 Å². The molecule has 148 valence electrons. The normalized spacial score (nSPS) is 16.5. The van der Waals surface area contributed by atoms with Crippen LogP contribution in [0.25, 0.3) is 32.7 Å². The van der Waals surface area contributed by atoms with E-state index >= 15 is 0 Å². The largest absolute Gasteiger partial charge is 0.496 e. The molecule has 0 saturated carbocycles. The summed E-state index contributed by atoms with van der Waals surface area (Å²) in [5.74, 6) is 1.75. The second-order valence-corrected chi connectivity index (χ2v) is 8.25. The Morgan fingerprint density at radius 1 is 1.24 bits per heavy atom. The quantitative estimate of drug-likeness (QED) is 0.524. The molecular weight excluding hydrogens is 384 g/mol. The van der Waals surface area contributed by atoms with E-state index in [1.165, 1.54) is 11.3 Å². The van der Waals surface area contributed by atoms with Crippen molar-refractivity contribution < 1.29 is 9.47 Å².